The molecule has 10 heteroatoms. The molecule has 1 N–H and O–H groups in total. The summed E-state index contributed by atoms with van der Waals surface area (Å²) in [6.45, 7) is 6.97. The lowest BCUT2D eigenvalue weighted by Gasteiger charge is -2.36. The van der Waals surface area contributed by atoms with E-state index >= 15 is 0 Å². The molecular weight excluding hydrogens is 477 g/mol. The van der Waals surface area contributed by atoms with Crippen LogP contribution in [0.15, 0.2) is 36.8 Å². The number of ketones is 1. The Morgan fingerprint density at radius 2 is 1.88 bits per heavy atom. The standard InChI is InChI=1S/C22H22Cl3N3O4/c1-11(16(29)12-5-6-14(23)15(24)9-12)22(4)17(31-21(2,3)32-22)20(30)28-8-7-13-18(25)26-10-27-19(13)28/h5-11,17,20,30H,1-4H3/t11-,17+,20-,22-/m1/s1. The second-order valence-electron chi connectivity index (χ2n) is 8.48. The van der Waals surface area contributed by atoms with E-state index in [1.807, 2.05) is 0 Å². The summed E-state index contributed by atoms with van der Waals surface area (Å²) in [7, 11) is 0. The number of aliphatic hydroxyl groups is 1. The third-order valence-corrected chi connectivity index (χ3v) is 6.96. The zero-order valence-corrected chi connectivity index (χ0v) is 20.1. The Balaban J connectivity index is 1.72. The highest BCUT2D eigenvalue weighted by Gasteiger charge is 2.58. The lowest BCUT2D eigenvalue weighted by Crippen LogP contribution is -2.50. The third-order valence-electron chi connectivity index (χ3n) is 5.92. The number of carbonyl (C=O) groups excluding carboxylic acids is 1. The van der Waals surface area contributed by atoms with Crippen molar-refractivity contribution in [1.29, 1.82) is 0 Å². The van der Waals surface area contributed by atoms with Crippen LogP contribution in [-0.4, -0.2) is 42.9 Å². The van der Waals surface area contributed by atoms with Crippen molar-refractivity contribution in [2.45, 2.75) is 51.4 Å². The van der Waals surface area contributed by atoms with Crippen LogP contribution >= 0.6 is 34.8 Å². The van der Waals surface area contributed by atoms with Gasteiger partial charge in [0.25, 0.3) is 0 Å². The molecule has 0 spiro atoms. The molecule has 4 atom stereocenters. The predicted molar refractivity (Wildman–Crippen MR) is 122 cm³/mol. The number of hydrogen-bond acceptors (Lipinski definition) is 6. The van der Waals surface area contributed by atoms with Gasteiger partial charge in [-0.2, -0.15) is 0 Å². The molecule has 32 heavy (non-hydrogen) atoms. The highest BCUT2D eigenvalue weighted by Crippen LogP contribution is 2.46. The number of fused-ring (bicyclic) bond motifs is 1. The molecule has 1 saturated heterocycles. The lowest BCUT2D eigenvalue weighted by atomic mass is 9.80. The first-order chi connectivity index (χ1) is 14.9. The molecule has 2 aromatic heterocycles. The van der Waals surface area contributed by atoms with Crippen molar-refractivity contribution in [3.8, 4) is 0 Å². The van der Waals surface area contributed by atoms with Crippen LogP contribution in [0.5, 0.6) is 0 Å². The van der Waals surface area contributed by atoms with Crippen molar-refractivity contribution in [3.63, 3.8) is 0 Å². The van der Waals surface area contributed by atoms with Crippen LogP contribution in [0.1, 0.15) is 44.3 Å². The normalized spacial score (nSPS) is 24.6. The molecule has 1 aliphatic heterocycles. The van der Waals surface area contributed by atoms with Crippen LogP contribution in [0.25, 0.3) is 11.0 Å². The summed E-state index contributed by atoms with van der Waals surface area (Å²) < 4.78 is 13.9. The third kappa shape index (κ3) is 3.91. The fourth-order valence-corrected chi connectivity index (χ4v) is 4.67. The van der Waals surface area contributed by atoms with E-state index in [4.69, 9.17) is 44.3 Å². The smallest absolute Gasteiger partial charge is 0.168 e. The first kappa shape index (κ1) is 23.4. The van der Waals surface area contributed by atoms with E-state index in [9.17, 15) is 9.90 Å². The Morgan fingerprint density at radius 1 is 1.16 bits per heavy atom. The molecule has 0 unspecified atom stereocenters. The van der Waals surface area contributed by atoms with Gasteiger partial charge in [0.15, 0.2) is 17.8 Å². The van der Waals surface area contributed by atoms with Crippen molar-refractivity contribution in [1.82, 2.24) is 14.5 Å². The van der Waals surface area contributed by atoms with Gasteiger partial charge in [0.2, 0.25) is 0 Å². The van der Waals surface area contributed by atoms with Crippen LogP contribution in [0.4, 0.5) is 0 Å². The van der Waals surface area contributed by atoms with Gasteiger partial charge >= 0.3 is 0 Å². The van der Waals surface area contributed by atoms with Gasteiger partial charge in [-0.25, -0.2) is 9.97 Å². The van der Waals surface area contributed by atoms with Gasteiger partial charge in [-0.15, -0.1) is 0 Å². The molecule has 0 bridgehead atoms. The number of rotatable bonds is 5. The highest BCUT2D eigenvalue weighted by molar-refractivity contribution is 6.42. The SMILES string of the molecule is C[C@H](C(=O)c1ccc(Cl)c(Cl)c1)[C@@]1(C)OC(C)(C)O[C@H]1[C@@H](O)n1ccc2c(Cl)ncnc21. The van der Waals surface area contributed by atoms with Crippen LogP contribution < -0.4 is 0 Å². The zero-order valence-electron chi connectivity index (χ0n) is 17.8. The number of Topliss-reactive ketones (excluding diaryl/α,β-unsaturated/α-hetero) is 1. The molecule has 0 amide bonds. The fourth-order valence-electron chi connectivity index (χ4n) is 4.19. The second-order valence-corrected chi connectivity index (χ2v) is 9.65. The summed E-state index contributed by atoms with van der Waals surface area (Å²) in [6.07, 6.45) is 0.855. The fraction of sp³-hybridized carbons (Fsp3) is 0.409. The van der Waals surface area contributed by atoms with Gasteiger partial charge in [-0.1, -0.05) is 41.7 Å². The van der Waals surface area contributed by atoms with Crippen molar-refractivity contribution in [3.05, 3.63) is 57.6 Å². The van der Waals surface area contributed by atoms with Crippen molar-refractivity contribution < 1.29 is 19.4 Å². The number of aliphatic hydroxyl groups excluding tert-OH is 1. The van der Waals surface area contributed by atoms with Gasteiger partial charge in [-0.3, -0.25) is 4.79 Å². The minimum atomic E-state index is -1.21. The quantitative estimate of drug-likeness (QED) is 0.379. The minimum absolute atomic E-state index is 0.215. The summed E-state index contributed by atoms with van der Waals surface area (Å²) in [6, 6.07) is 6.42. The lowest BCUT2D eigenvalue weighted by molar-refractivity contribution is -0.170. The molecule has 170 valence electrons. The number of benzene rings is 1. The van der Waals surface area contributed by atoms with E-state index in [1.54, 1.807) is 52.1 Å². The van der Waals surface area contributed by atoms with E-state index in [1.165, 1.54) is 17.0 Å². The minimum Gasteiger partial charge on any atom is -0.370 e. The molecule has 3 aromatic rings. The monoisotopic (exact) mass is 497 g/mol. The summed E-state index contributed by atoms with van der Waals surface area (Å²) in [5.74, 6) is -1.95. The molecular formula is C22H22Cl3N3O4. The Kier molecular flexibility index (Phi) is 6.03. The average molecular weight is 499 g/mol. The van der Waals surface area contributed by atoms with Gasteiger partial charge in [0.05, 0.1) is 21.3 Å². The Hall–Kier alpha value is -1.74. The molecule has 0 aliphatic carbocycles. The van der Waals surface area contributed by atoms with Gasteiger partial charge < -0.3 is 19.1 Å². The number of hydrogen-bond donors (Lipinski definition) is 1. The predicted octanol–water partition coefficient (Wildman–Crippen LogP) is 5.31. The maximum Gasteiger partial charge on any atom is 0.168 e. The number of ether oxygens (including phenoxy) is 2. The van der Waals surface area contributed by atoms with Crippen LogP contribution in [0, 0.1) is 5.92 Å². The van der Waals surface area contributed by atoms with Crippen LogP contribution in [0.3, 0.4) is 0 Å². The molecule has 0 saturated carbocycles. The number of carbonyl (C=O) groups is 1. The maximum atomic E-state index is 13.4. The Morgan fingerprint density at radius 3 is 2.56 bits per heavy atom. The number of aromatic nitrogens is 3. The Labute approximate surface area is 200 Å². The van der Waals surface area contributed by atoms with Crippen LogP contribution in [-0.2, 0) is 9.47 Å². The summed E-state index contributed by atoms with van der Waals surface area (Å²) in [4.78, 5) is 21.6. The van der Waals surface area contributed by atoms with Crippen molar-refractivity contribution in [2.75, 3.05) is 0 Å². The maximum absolute atomic E-state index is 13.4. The largest absolute Gasteiger partial charge is 0.370 e. The second kappa shape index (κ2) is 8.24. The Bertz CT molecular complexity index is 1200. The first-order valence-corrected chi connectivity index (χ1v) is 11.1. The molecule has 3 heterocycles. The van der Waals surface area contributed by atoms with Gasteiger partial charge in [0, 0.05) is 11.8 Å². The van der Waals surface area contributed by atoms with E-state index in [0.717, 1.165) is 0 Å². The molecule has 4 rings (SSSR count). The summed E-state index contributed by atoms with van der Waals surface area (Å²) in [5.41, 5.74) is -0.350. The molecule has 1 aliphatic rings. The van der Waals surface area contributed by atoms with E-state index in [0.29, 0.717) is 21.6 Å². The van der Waals surface area contributed by atoms with E-state index < -0.39 is 29.6 Å². The number of nitrogens with zero attached hydrogens (tertiary/aromatic N) is 3. The van der Waals surface area contributed by atoms with Crippen LogP contribution in [0.2, 0.25) is 15.2 Å². The average Bonchev–Trinajstić information content (AvgIpc) is 3.28. The van der Waals surface area contributed by atoms with E-state index in [-0.39, 0.29) is 16.0 Å². The zero-order chi connectivity index (χ0) is 23.4. The molecule has 1 fully saturated rings. The van der Waals surface area contributed by atoms with Crippen molar-refractivity contribution in [2.24, 2.45) is 5.92 Å². The summed E-state index contributed by atoms with van der Waals surface area (Å²) in [5, 5.41) is 12.9. The van der Waals surface area contributed by atoms with Gasteiger partial charge in [0.1, 0.15) is 28.8 Å². The van der Waals surface area contributed by atoms with Gasteiger partial charge in [-0.05, 0) is 45.0 Å². The summed E-state index contributed by atoms with van der Waals surface area (Å²) >= 11 is 18.3. The van der Waals surface area contributed by atoms with Crippen molar-refractivity contribution >= 4 is 51.6 Å². The van der Waals surface area contributed by atoms with E-state index in [2.05, 4.69) is 9.97 Å². The molecule has 1 aromatic carbocycles. The topological polar surface area (TPSA) is 86.5 Å². The highest BCUT2D eigenvalue weighted by atomic mass is 35.5. The molecule has 0 radical (unpaired) electrons. The molecule has 7 nitrogen and oxygen atoms in total. The first-order valence-electron chi connectivity index (χ1n) is 9.97. The number of halogens is 3.